The van der Waals surface area contributed by atoms with Gasteiger partial charge in [-0.15, -0.1) is 0 Å². The molecule has 2 rings (SSSR count). The zero-order chi connectivity index (χ0) is 10.8. The maximum Gasteiger partial charge on any atom is 0.154 e. The van der Waals surface area contributed by atoms with Gasteiger partial charge in [-0.3, -0.25) is 9.48 Å². The minimum atomic E-state index is 0.670. The maximum atomic E-state index is 11.0. The van der Waals surface area contributed by atoms with Gasteiger partial charge in [-0.1, -0.05) is 30.3 Å². The molecule has 0 fully saturated rings. The van der Waals surface area contributed by atoms with Gasteiger partial charge in [0.1, 0.15) is 5.69 Å². The summed E-state index contributed by atoms with van der Waals surface area (Å²) in [4.78, 5) is 11.0. The summed E-state index contributed by atoms with van der Waals surface area (Å²) in [6.45, 7) is 1.89. The fourth-order valence-corrected chi connectivity index (χ4v) is 1.57. The topological polar surface area (TPSA) is 34.9 Å². The number of aromatic nitrogens is 2. The van der Waals surface area contributed by atoms with E-state index < -0.39 is 0 Å². The highest BCUT2D eigenvalue weighted by molar-refractivity contribution is 5.87. The number of benzene rings is 1. The van der Waals surface area contributed by atoms with E-state index >= 15 is 0 Å². The van der Waals surface area contributed by atoms with Crippen molar-refractivity contribution >= 4 is 6.29 Å². The van der Waals surface area contributed by atoms with Crippen LogP contribution in [-0.4, -0.2) is 16.1 Å². The Bertz CT molecular complexity index is 486. The third-order valence-electron chi connectivity index (χ3n) is 2.55. The van der Waals surface area contributed by atoms with Crippen LogP contribution in [0.5, 0.6) is 0 Å². The maximum absolute atomic E-state index is 11.0. The molecule has 0 saturated heterocycles. The van der Waals surface area contributed by atoms with E-state index in [1.165, 1.54) is 0 Å². The lowest BCUT2D eigenvalue weighted by molar-refractivity contribution is 0.112. The molecule has 3 nitrogen and oxygen atoms in total. The van der Waals surface area contributed by atoms with E-state index in [1.807, 2.05) is 44.3 Å². The van der Waals surface area contributed by atoms with Gasteiger partial charge >= 0.3 is 0 Å². The first kappa shape index (κ1) is 9.65. The smallest absolute Gasteiger partial charge is 0.154 e. The van der Waals surface area contributed by atoms with Crippen LogP contribution in [0.15, 0.2) is 30.3 Å². The van der Waals surface area contributed by atoms with Crippen molar-refractivity contribution in [3.63, 3.8) is 0 Å². The average Bonchev–Trinajstić information content (AvgIpc) is 2.56. The average molecular weight is 200 g/mol. The van der Waals surface area contributed by atoms with E-state index in [1.54, 1.807) is 4.68 Å². The quantitative estimate of drug-likeness (QED) is 0.696. The lowest BCUT2D eigenvalue weighted by atomic mass is 10.1. The van der Waals surface area contributed by atoms with Crippen molar-refractivity contribution in [2.24, 2.45) is 7.05 Å². The molecule has 1 heterocycles. The third-order valence-corrected chi connectivity index (χ3v) is 2.55. The van der Waals surface area contributed by atoms with Crippen LogP contribution in [-0.2, 0) is 7.05 Å². The lowest BCUT2D eigenvalue weighted by Crippen LogP contribution is -1.93. The number of aldehydes is 1. The predicted molar refractivity (Wildman–Crippen MR) is 58.8 cm³/mol. The molecule has 1 aromatic heterocycles. The molecule has 0 N–H and O–H groups in total. The van der Waals surface area contributed by atoms with E-state index in [9.17, 15) is 4.79 Å². The largest absolute Gasteiger partial charge is 0.298 e. The minimum absolute atomic E-state index is 0.670. The Morgan fingerprint density at radius 1 is 1.27 bits per heavy atom. The summed E-state index contributed by atoms with van der Waals surface area (Å²) in [6, 6.07) is 9.73. The highest BCUT2D eigenvalue weighted by atomic mass is 16.1. The molecule has 0 radical (unpaired) electrons. The van der Waals surface area contributed by atoms with Crippen molar-refractivity contribution in [3.05, 3.63) is 41.6 Å². The van der Waals surface area contributed by atoms with Gasteiger partial charge in [0.05, 0.1) is 5.56 Å². The summed E-state index contributed by atoms with van der Waals surface area (Å²) in [5, 5.41) is 4.34. The first-order valence-corrected chi connectivity index (χ1v) is 4.78. The molecule has 0 saturated carbocycles. The Labute approximate surface area is 88.4 Å². The van der Waals surface area contributed by atoms with Crippen LogP contribution in [0.4, 0.5) is 0 Å². The van der Waals surface area contributed by atoms with E-state index in [2.05, 4.69) is 5.10 Å². The van der Waals surface area contributed by atoms with E-state index in [-0.39, 0.29) is 0 Å². The Balaban J connectivity index is 2.63. The van der Waals surface area contributed by atoms with Crippen molar-refractivity contribution < 1.29 is 4.79 Å². The van der Waals surface area contributed by atoms with Crippen LogP contribution < -0.4 is 0 Å². The zero-order valence-corrected chi connectivity index (χ0v) is 8.77. The molecule has 0 aliphatic carbocycles. The molecule has 15 heavy (non-hydrogen) atoms. The van der Waals surface area contributed by atoms with Crippen molar-refractivity contribution in [1.29, 1.82) is 0 Å². The minimum Gasteiger partial charge on any atom is -0.298 e. The van der Waals surface area contributed by atoms with Gasteiger partial charge in [0.25, 0.3) is 0 Å². The Morgan fingerprint density at radius 2 is 1.93 bits per heavy atom. The molecule has 0 aliphatic rings. The molecule has 0 aliphatic heterocycles. The number of nitrogens with zero attached hydrogens (tertiary/aromatic N) is 2. The van der Waals surface area contributed by atoms with E-state index in [0.29, 0.717) is 5.56 Å². The van der Waals surface area contributed by atoms with Gasteiger partial charge in [0.2, 0.25) is 0 Å². The van der Waals surface area contributed by atoms with E-state index in [0.717, 1.165) is 23.2 Å². The van der Waals surface area contributed by atoms with Crippen molar-refractivity contribution in [1.82, 2.24) is 9.78 Å². The standard InChI is InChI=1S/C12H12N2O/c1-9-11(8-15)12(13-14(9)2)10-6-4-3-5-7-10/h3-8H,1-2H3. The van der Waals surface area contributed by atoms with Crippen molar-refractivity contribution in [2.75, 3.05) is 0 Å². The highest BCUT2D eigenvalue weighted by Crippen LogP contribution is 2.22. The molecule has 3 heteroatoms. The molecule has 0 bridgehead atoms. The second kappa shape index (κ2) is 3.69. The summed E-state index contributed by atoms with van der Waals surface area (Å²) in [6.07, 6.45) is 0.866. The Morgan fingerprint density at radius 3 is 2.53 bits per heavy atom. The number of hydrogen-bond donors (Lipinski definition) is 0. The molecule has 76 valence electrons. The van der Waals surface area contributed by atoms with Crippen LogP contribution in [0, 0.1) is 6.92 Å². The Hall–Kier alpha value is -1.90. The number of rotatable bonds is 2. The molecule has 0 unspecified atom stereocenters. The number of carbonyl (C=O) groups is 1. The molecular formula is C12H12N2O. The summed E-state index contributed by atoms with van der Waals surface area (Å²) in [5.41, 5.74) is 3.29. The molecule has 1 aromatic carbocycles. The van der Waals surface area contributed by atoms with Gasteiger partial charge < -0.3 is 0 Å². The highest BCUT2D eigenvalue weighted by Gasteiger charge is 2.12. The van der Waals surface area contributed by atoms with Gasteiger partial charge in [-0.25, -0.2) is 0 Å². The van der Waals surface area contributed by atoms with Crippen LogP contribution >= 0.6 is 0 Å². The van der Waals surface area contributed by atoms with Crippen LogP contribution in [0.2, 0.25) is 0 Å². The second-order valence-electron chi connectivity index (χ2n) is 3.46. The van der Waals surface area contributed by atoms with Gasteiger partial charge in [0, 0.05) is 18.3 Å². The first-order chi connectivity index (χ1) is 7.24. The monoisotopic (exact) mass is 200 g/mol. The lowest BCUT2D eigenvalue weighted by Gasteiger charge is -1.96. The van der Waals surface area contributed by atoms with Gasteiger partial charge in [0.15, 0.2) is 6.29 Å². The number of hydrogen-bond acceptors (Lipinski definition) is 2. The summed E-state index contributed by atoms with van der Waals surface area (Å²) in [7, 11) is 1.84. The molecule has 0 amide bonds. The Kier molecular flexibility index (Phi) is 2.37. The summed E-state index contributed by atoms with van der Waals surface area (Å²) in [5.74, 6) is 0. The van der Waals surface area contributed by atoms with Gasteiger partial charge in [-0.05, 0) is 6.92 Å². The SMILES string of the molecule is Cc1c(C=O)c(-c2ccccc2)nn1C. The predicted octanol–water partition coefficient (Wildman–Crippen LogP) is 2.21. The molecular weight excluding hydrogens is 188 g/mol. The second-order valence-corrected chi connectivity index (χ2v) is 3.46. The van der Waals surface area contributed by atoms with Crippen molar-refractivity contribution in [2.45, 2.75) is 6.92 Å². The fraction of sp³-hybridized carbons (Fsp3) is 0.167. The van der Waals surface area contributed by atoms with Crippen molar-refractivity contribution in [3.8, 4) is 11.3 Å². The summed E-state index contributed by atoms with van der Waals surface area (Å²) >= 11 is 0. The molecule has 2 aromatic rings. The fourth-order valence-electron chi connectivity index (χ4n) is 1.57. The third kappa shape index (κ3) is 1.56. The first-order valence-electron chi connectivity index (χ1n) is 4.78. The summed E-state index contributed by atoms with van der Waals surface area (Å²) < 4.78 is 1.73. The molecule has 0 spiro atoms. The van der Waals surface area contributed by atoms with E-state index in [4.69, 9.17) is 0 Å². The normalized spacial score (nSPS) is 10.3. The zero-order valence-electron chi connectivity index (χ0n) is 8.77. The molecule has 0 atom stereocenters. The van der Waals surface area contributed by atoms with Crippen LogP contribution in [0.1, 0.15) is 16.1 Å². The number of aryl methyl sites for hydroxylation is 1. The number of carbonyl (C=O) groups excluding carboxylic acids is 1. The van der Waals surface area contributed by atoms with Crippen LogP contribution in [0.3, 0.4) is 0 Å². The van der Waals surface area contributed by atoms with Crippen LogP contribution in [0.25, 0.3) is 11.3 Å². The van der Waals surface area contributed by atoms with Gasteiger partial charge in [-0.2, -0.15) is 5.10 Å².